The van der Waals surface area contributed by atoms with Crippen molar-refractivity contribution >= 4 is 5.91 Å². The predicted molar refractivity (Wildman–Crippen MR) is 100 cm³/mol. The number of hydrogen-bond acceptors (Lipinski definition) is 4. The van der Waals surface area contributed by atoms with Gasteiger partial charge in [0.1, 0.15) is 5.75 Å². The Hall–Kier alpha value is -1.59. The zero-order valence-corrected chi connectivity index (χ0v) is 16.0. The van der Waals surface area contributed by atoms with E-state index in [2.05, 4.69) is 0 Å². The van der Waals surface area contributed by atoms with Gasteiger partial charge >= 0.3 is 0 Å². The number of likely N-dealkylation sites (tertiary alicyclic amines) is 1. The molecule has 1 spiro atoms. The number of carbonyl (C=O) groups excluding carboxylic acids is 1. The van der Waals surface area contributed by atoms with Crippen molar-refractivity contribution < 1.29 is 19.0 Å². The van der Waals surface area contributed by atoms with Crippen LogP contribution in [0.4, 0.5) is 0 Å². The molecule has 2 fully saturated rings. The molecule has 144 valence electrons. The van der Waals surface area contributed by atoms with Gasteiger partial charge in [-0.25, -0.2) is 0 Å². The number of nitrogens with zero attached hydrogens (tertiary/aromatic N) is 1. The fourth-order valence-electron chi connectivity index (χ4n) is 4.20. The fraction of sp³-hybridized carbons (Fsp3) is 0.667. The number of benzene rings is 1. The van der Waals surface area contributed by atoms with Crippen LogP contribution in [0.3, 0.4) is 0 Å². The number of piperidine rings is 1. The Morgan fingerprint density at radius 2 is 2.08 bits per heavy atom. The molecule has 0 aliphatic carbocycles. The molecule has 2 saturated heterocycles. The lowest BCUT2D eigenvalue weighted by molar-refractivity contribution is -0.139. The molecule has 1 atom stereocenters. The van der Waals surface area contributed by atoms with Crippen molar-refractivity contribution in [2.45, 2.75) is 45.1 Å². The van der Waals surface area contributed by atoms with Gasteiger partial charge in [0.05, 0.1) is 5.60 Å². The molecule has 0 aromatic heterocycles. The number of rotatable bonds is 7. The number of hydrogen-bond donors (Lipinski definition) is 0. The molecule has 2 aliphatic heterocycles. The summed E-state index contributed by atoms with van der Waals surface area (Å²) in [5.41, 5.74) is 1.000. The van der Waals surface area contributed by atoms with Gasteiger partial charge in [-0.2, -0.15) is 0 Å². The Labute approximate surface area is 156 Å². The lowest BCUT2D eigenvalue weighted by Crippen LogP contribution is -2.50. The molecule has 1 aromatic carbocycles. The summed E-state index contributed by atoms with van der Waals surface area (Å²) >= 11 is 0. The van der Waals surface area contributed by atoms with Crippen LogP contribution in [-0.2, 0) is 14.3 Å². The Morgan fingerprint density at radius 3 is 2.81 bits per heavy atom. The normalized spacial score (nSPS) is 21.9. The van der Waals surface area contributed by atoms with Gasteiger partial charge in [0.15, 0.2) is 6.61 Å². The summed E-state index contributed by atoms with van der Waals surface area (Å²) < 4.78 is 17.4. The minimum absolute atomic E-state index is 0.0508. The molecular formula is C21H31NO4. The minimum atomic E-state index is -0.0508. The number of aryl methyl sites for hydroxylation is 1. The number of carbonyl (C=O) groups is 1. The van der Waals surface area contributed by atoms with Gasteiger partial charge in [0.2, 0.25) is 0 Å². The zero-order chi connectivity index (χ0) is 18.4. The summed E-state index contributed by atoms with van der Waals surface area (Å²) in [5.74, 6) is 1.39. The SMILES string of the molecule is CCOCC[C@H]1CCOC12CCN(C(=O)COc1ccccc1C)CC2. The summed E-state index contributed by atoms with van der Waals surface area (Å²) in [5, 5.41) is 0. The van der Waals surface area contributed by atoms with E-state index in [1.54, 1.807) is 0 Å². The molecule has 1 aromatic rings. The van der Waals surface area contributed by atoms with Crippen LogP contribution in [0.1, 0.15) is 38.2 Å². The fourth-order valence-corrected chi connectivity index (χ4v) is 4.20. The Bertz CT molecular complexity index is 595. The first-order valence-electron chi connectivity index (χ1n) is 9.82. The molecule has 0 radical (unpaired) electrons. The van der Waals surface area contributed by atoms with Gasteiger partial charge in [-0.05, 0) is 57.1 Å². The maximum absolute atomic E-state index is 12.5. The van der Waals surface area contributed by atoms with Gasteiger partial charge in [-0.1, -0.05) is 18.2 Å². The second-order valence-electron chi connectivity index (χ2n) is 7.32. The van der Waals surface area contributed by atoms with E-state index in [0.717, 1.165) is 69.9 Å². The van der Waals surface area contributed by atoms with E-state index in [1.807, 2.05) is 43.0 Å². The molecule has 2 aliphatic rings. The van der Waals surface area contributed by atoms with Crippen molar-refractivity contribution in [1.29, 1.82) is 0 Å². The molecule has 1 amide bonds. The lowest BCUT2D eigenvalue weighted by atomic mass is 9.78. The second-order valence-corrected chi connectivity index (χ2v) is 7.32. The van der Waals surface area contributed by atoms with Crippen molar-refractivity contribution in [3.8, 4) is 5.75 Å². The van der Waals surface area contributed by atoms with Crippen LogP contribution in [0.25, 0.3) is 0 Å². The van der Waals surface area contributed by atoms with Gasteiger partial charge < -0.3 is 19.1 Å². The van der Waals surface area contributed by atoms with Gasteiger partial charge in [-0.15, -0.1) is 0 Å². The Kier molecular flexibility index (Phi) is 6.54. The van der Waals surface area contributed by atoms with Crippen molar-refractivity contribution in [1.82, 2.24) is 4.90 Å². The molecule has 26 heavy (non-hydrogen) atoms. The highest BCUT2D eigenvalue weighted by atomic mass is 16.5. The minimum Gasteiger partial charge on any atom is -0.484 e. The van der Waals surface area contributed by atoms with E-state index in [-0.39, 0.29) is 18.1 Å². The predicted octanol–water partition coefficient (Wildman–Crippen LogP) is 3.20. The standard InChI is InChI=1S/C21H31NO4/c1-3-24-14-8-18-9-15-26-21(18)10-12-22(13-11-21)20(23)16-25-19-7-5-4-6-17(19)2/h4-7,18H,3,8-16H2,1-2H3/t18-/m0/s1. The molecule has 0 saturated carbocycles. The van der Waals surface area contributed by atoms with E-state index >= 15 is 0 Å². The monoisotopic (exact) mass is 361 g/mol. The molecule has 5 heteroatoms. The first kappa shape index (κ1) is 19.2. The number of para-hydroxylation sites is 1. The molecule has 0 unspecified atom stereocenters. The van der Waals surface area contributed by atoms with Gasteiger partial charge in [0.25, 0.3) is 5.91 Å². The Balaban J connectivity index is 1.48. The molecule has 5 nitrogen and oxygen atoms in total. The quantitative estimate of drug-likeness (QED) is 0.700. The maximum Gasteiger partial charge on any atom is 0.260 e. The average Bonchev–Trinajstić information content (AvgIpc) is 3.04. The summed E-state index contributed by atoms with van der Waals surface area (Å²) in [7, 11) is 0. The van der Waals surface area contributed by atoms with E-state index in [1.165, 1.54) is 0 Å². The van der Waals surface area contributed by atoms with Crippen LogP contribution in [0.2, 0.25) is 0 Å². The number of ether oxygens (including phenoxy) is 3. The Morgan fingerprint density at radius 1 is 1.31 bits per heavy atom. The molecule has 0 N–H and O–H groups in total. The van der Waals surface area contributed by atoms with Crippen LogP contribution in [0.15, 0.2) is 24.3 Å². The molecular weight excluding hydrogens is 330 g/mol. The highest BCUT2D eigenvalue weighted by molar-refractivity contribution is 5.78. The first-order chi connectivity index (χ1) is 12.6. The van der Waals surface area contributed by atoms with E-state index in [9.17, 15) is 4.79 Å². The third-order valence-electron chi connectivity index (χ3n) is 5.82. The topological polar surface area (TPSA) is 48.0 Å². The summed E-state index contributed by atoms with van der Waals surface area (Å²) in [4.78, 5) is 14.4. The smallest absolute Gasteiger partial charge is 0.260 e. The summed E-state index contributed by atoms with van der Waals surface area (Å²) in [6.45, 7) is 8.03. The van der Waals surface area contributed by atoms with Crippen molar-refractivity contribution in [3.63, 3.8) is 0 Å². The average molecular weight is 361 g/mol. The van der Waals surface area contributed by atoms with Crippen LogP contribution >= 0.6 is 0 Å². The van der Waals surface area contributed by atoms with E-state index < -0.39 is 0 Å². The van der Waals surface area contributed by atoms with Crippen LogP contribution in [0, 0.1) is 12.8 Å². The molecule has 3 rings (SSSR count). The highest BCUT2D eigenvalue weighted by Crippen LogP contribution is 2.42. The third kappa shape index (κ3) is 4.38. The van der Waals surface area contributed by atoms with Gasteiger partial charge in [-0.3, -0.25) is 4.79 Å². The largest absolute Gasteiger partial charge is 0.484 e. The van der Waals surface area contributed by atoms with Crippen LogP contribution < -0.4 is 4.74 Å². The van der Waals surface area contributed by atoms with E-state index in [4.69, 9.17) is 14.2 Å². The zero-order valence-electron chi connectivity index (χ0n) is 16.0. The maximum atomic E-state index is 12.5. The summed E-state index contributed by atoms with van der Waals surface area (Å²) in [6, 6.07) is 7.79. The third-order valence-corrected chi connectivity index (χ3v) is 5.82. The van der Waals surface area contributed by atoms with Crippen molar-refractivity contribution in [2.24, 2.45) is 5.92 Å². The molecule has 2 heterocycles. The second kappa shape index (κ2) is 8.87. The highest BCUT2D eigenvalue weighted by Gasteiger charge is 2.46. The van der Waals surface area contributed by atoms with Crippen molar-refractivity contribution in [3.05, 3.63) is 29.8 Å². The van der Waals surface area contributed by atoms with Gasteiger partial charge in [0, 0.05) is 32.9 Å². The number of amides is 1. The van der Waals surface area contributed by atoms with Crippen molar-refractivity contribution in [2.75, 3.05) is 39.5 Å². The van der Waals surface area contributed by atoms with Crippen LogP contribution in [0.5, 0.6) is 5.75 Å². The summed E-state index contributed by atoms with van der Waals surface area (Å²) in [6.07, 6.45) is 4.00. The molecule has 0 bridgehead atoms. The van der Waals surface area contributed by atoms with E-state index in [0.29, 0.717) is 5.92 Å². The first-order valence-corrected chi connectivity index (χ1v) is 9.82. The van der Waals surface area contributed by atoms with Crippen LogP contribution in [-0.4, -0.2) is 55.9 Å². The lowest BCUT2D eigenvalue weighted by Gasteiger charge is -2.42.